The van der Waals surface area contributed by atoms with Crippen LogP contribution in [0.1, 0.15) is 66.2 Å². The summed E-state index contributed by atoms with van der Waals surface area (Å²) in [6.45, 7) is 8.26. The minimum atomic E-state index is -0.214. The molecule has 0 amide bonds. The normalized spacial score (nSPS) is 14.1. The van der Waals surface area contributed by atoms with Gasteiger partial charge in [0.2, 0.25) is 0 Å². The zero-order chi connectivity index (χ0) is 12.4. The second kappa shape index (κ2) is 9.43. The summed E-state index contributed by atoms with van der Waals surface area (Å²) in [5, 5.41) is 0.971. The van der Waals surface area contributed by atoms with Crippen LogP contribution < -0.4 is 0 Å². The molecule has 0 spiro atoms. The summed E-state index contributed by atoms with van der Waals surface area (Å²) in [5.41, 5.74) is -0.214. The molecule has 0 heterocycles. The van der Waals surface area contributed by atoms with Gasteiger partial charge >= 0.3 is 0 Å². The molecule has 0 aromatic heterocycles. The summed E-state index contributed by atoms with van der Waals surface area (Å²) in [4.78, 5) is 10.9. The van der Waals surface area contributed by atoms with Crippen molar-refractivity contribution in [2.24, 2.45) is 0 Å². The number of hydrogen-bond donors (Lipinski definition) is 0. The number of halogens is 1. The molecule has 1 atom stereocenters. The molecule has 0 aromatic carbocycles. The minimum absolute atomic E-state index is 0.214. The van der Waals surface area contributed by atoms with Crippen molar-refractivity contribution in [2.45, 2.75) is 77.9 Å². The van der Waals surface area contributed by atoms with Gasteiger partial charge in [-0.2, -0.15) is 0 Å². The van der Waals surface area contributed by atoms with Crippen LogP contribution in [-0.2, 0) is 9.78 Å². The molecule has 0 aliphatic rings. The van der Waals surface area contributed by atoms with Gasteiger partial charge < -0.3 is 0 Å². The fourth-order valence-electron chi connectivity index (χ4n) is 1.37. The highest BCUT2D eigenvalue weighted by molar-refractivity contribution is 9.09. The van der Waals surface area contributed by atoms with E-state index in [1.807, 2.05) is 20.8 Å². The standard InChI is InChI=1S/C13H27BrO2/c1-5-6-7-8-9-12(10-11-14)15-16-13(2,3)4/h12H,5-11H2,1-4H3/t12-/m1/s1. The maximum Gasteiger partial charge on any atom is 0.0952 e. The van der Waals surface area contributed by atoms with Crippen molar-refractivity contribution < 1.29 is 9.78 Å². The van der Waals surface area contributed by atoms with E-state index in [9.17, 15) is 0 Å². The number of unbranched alkanes of at least 4 members (excludes halogenated alkanes) is 3. The molecule has 2 nitrogen and oxygen atoms in total. The molecule has 98 valence electrons. The van der Waals surface area contributed by atoms with Gasteiger partial charge in [0.25, 0.3) is 0 Å². The van der Waals surface area contributed by atoms with E-state index in [0.29, 0.717) is 0 Å². The molecule has 0 aliphatic heterocycles. The third kappa shape index (κ3) is 10.9. The van der Waals surface area contributed by atoms with Gasteiger partial charge in [-0.15, -0.1) is 0 Å². The van der Waals surface area contributed by atoms with Crippen molar-refractivity contribution in [3.05, 3.63) is 0 Å². The van der Waals surface area contributed by atoms with E-state index in [1.54, 1.807) is 0 Å². The Morgan fingerprint density at radius 2 is 1.75 bits per heavy atom. The first-order valence-corrected chi connectivity index (χ1v) is 7.52. The Morgan fingerprint density at radius 3 is 2.25 bits per heavy atom. The maximum atomic E-state index is 5.50. The van der Waals surface area contributed by atoms with E-state index in [-0.39, 0.29) is 11.7 Å². The van der Waals surface area contributed by atoms with Crippen LogP contribution in [0, 0.1) is 0 Å². The van der Waals surface area contributed by atoms with Crippen molar-refractivity contribution in [2.75, 3.05) is 5.33 Å². The highest BCUT2D eigenvalue weighted by Crippen LogP contribution is 2.16. The molecule has 16 heavy (non-hydrogen) atoms. The third-order valence-corrected chi connectivity index (χ3v) is 2.70. The predicted octanol–water partition coefficient (Wildman–Crippen LogP) is 4.86. The average molecular weight is 295 g/mol. The zero-order valence-corrected chi connectivity index (χ0v) is 12.8. The van der Waals surface area contributed by atoms with Gasteiger partial charge in [0.1, 0.15) is 0 Å². The van der Waals surface area contributed by atoms with Crippen molar-refractivity contribution in [3.8, 4) is 0 Å². The lowest BCUT2D eigenvalue weighted by atomic mass is 10.1. The molecular formula is C13H27BrO2. The van der Waals surface area contributed by atoms with Gasteiger partial charge in [-0.1, -0.05) is 48.5 Å². The van der Waals surface area contributed by atoms with E-state index in [4.69, 9.17) is 9.78 Å². The Kier molecular flexibility index (Phi) is 9.67. The smallest absolute Gasteiger partial charge is 0.0952 e. The molecule has 0 unspecified atom stereocenters. The van der Waals surface area contributed by atoms with Gasteiger partial charge in [0.05, 0.1) is 11.7 Å². The fraction of sp³-hybridized carbons (Fsp3) is 1.00. The van der Waals surface area contributed by atoms with E-state index in [1.165, 1.54) is 25.7 Å². The summed E-state index contributed by atoms with van der Waals surface area (Å²) in [6.07, 6.45) is 7.48. The molecule has 0 N–H and O–H groups in total. The lowest BCUT2D eigenvalue weighted by Gasteiger charge is -2.23. The van der Waals surface area contributed by atoms with Gasteiger partial charge in [-0.3, -0.25) is 0 Å². The molecule has 0 saturated carbocycles. The zero-order valence-electron chi connectivity index (χ0n) is 11.2. The Morgan fingerprint density at radius 1 is 1.06 bits per heavy atom. The van der Waals surface area contributed by atoms with Crippen molar-refractivity contribution in [1.29, 1.82) is 0 Å². The van der Waals surface area contributed by atoms with Crippen LogP contribution in [-0.4, -0.2) is 17.0 Å². The second-order valence-corrected chi connectivity index (χ2v) is 6.03. The van der Waals surface area contributed by atoms with E-state index in [2.05, 4.69) is 22.9 Å². The largest absolute Gasteiger partial charge is 0.233 e. The van der Waals surface area contributed by atoms with E-state index < -0.39 is 0 Å². The predicted molar refractivity (Wildman–Crippen MR) is 72.9 cm³/mol. The van der Waals surface area contributed by atoms with E-state index >= 15 is 0 Å². The monoisotopic (exact) mass is 294 g/mol. The van der Waals surface area contributed by atoms with Gasteiger partial charge in [-0.05, 0) is 33.6 Å². The Hall–Kier alpha value is 0.400. The molecular weight excluding hydrogens is 268 g/mol. The molecule has 0 rings (SSSR count). The van der Waals surface area contributed by atoms with Crippen LogP contribution in [0.2, 0.25) is 0 Å². The quantitative estimate of drug-likeness (QED) is 0.262. The summed E-state index contributed by atoms with van der Waals surface area (Å²) in [6, 6.07) is 0. The van der Waals surface area contributed by atoms with Crippen LogP contribution in [0.15, 0.2) is 0 Å². The first-order chi connectivity index (χ1) is 7.49. The van der Waals surface area contributed by atoms with Crippen LogP contribution in [0.3, 0.4) is 0 Å². The summed E-state index contributed by atoms with van der Waals surface area (Å²) in [5.74, 6) is 0. The lowest BCUT2D eigenvalue weighted by molar-refractivity contribution is -0.374. The molecule has 0 bridgehead atoms. The van der Waals surface area contributed by atoms with Gasteiger partial charge in [-0.25, -0.2) is 9.78 Å². The molecule has 0 aromatic rings. The highest BCUT2D eigenvalue weighted by atomic mass is 79.9. The summed E-state index contributed by atoms with van der Waals surface area (Å²) in [7, 11) is 0. The second-order valence-electron chi connectivity index (χ2n) is 5.24. The SMILES string of the molecule is CCCCCC[C@H](CCBr)OOC(C)(C)C. The summed E-state index contributed by atoms with van der Waals surface area (Å²) < 4.78 is 0. The Bertz CT molecular complexity index is 155. The average Bonchev–Trinajstić information content (AvgIpc) is 2.19. The minimum Gasteiger partial charge on any atom is -0.233 e. The van der Waals surface area contributed by atoms with Crippen LogP contribution in [0.5, 0.6) is 0 Å². The fourth-order valence-corrected chi connectivity index (χ4v) is 1.88. The topological polar surface area (TPSA) is 18.5 Å². The van der Waals surface area contributed by atoms with Gasteiger partial charge in [0, 0.05) is 5.33 Å². The molecule has 0 fully saturated rings. The van der Waals surface area contributed by atoms with Crippen LogP contribution in [0.4, 0.5) is 0 Å². The Balaban J connectivity index is 3.70. The first kappa shape index (κ1) is 16.4. The van der Waals surface area contributed by atoms with Gasteiger partial charge in [0.15, 0.2) is 0 Å². The highest BCUT2D eigenvalue weighted by Gasteiger charge is 2.16. The first-order valence-electron chi connectivity index (χ1n) is 6.40. The molecule has 0 aliphatic carbocycles. The van der Waals surface area contributed by atoms with Crippen molar-refractivity contribution in [1.82, 2.24) is 0 Å². The van der Waals surface area contributed by atoms with Crippen molar-refractivity contribution in [3.63, 3.8) is 0 Å². The number of alkyl halides is 1. The number of hydrogen-bond acceptors (Lipinski definition) is 2. The van der Waals surface area contributed by atoms with Crippen molar-refractivity contribution >= 4 is 15.9 Å². The van der Waals surface area contributed by atoms with E-state index in [0.717, 1.165) is 18.2 Å². The summed E-state index contributed by atoms with van der Waals surface area (Å²) >= 11 is 3.46. The Labute approximate surface area is 109 Å². The molecule has 0 radical (unpaired) electrons. The lowest BCUT2D eigenvalue weighted by Crippen LogP contribution is -2.24. The van der Waals surface area contributed by atoms with Crippen LogP contribution >= 0.6 is 15.9 Å². The third-order valence-electron chi connectivity index (χ3n) is 2.24. The van der Waals surface area contributed by atoms with Crippen LogP contribution in [0.25, 0.3) is 0 Å². The maximum absolute atomic E-state index is 5.50. The molecule has 0 saturated heterocycles. The molecule has 3 heteroatoms. The number of rotatable bonds is 9.